The zero-order valence-corrected chi connectivity index (χ0v) is 11.8. The molecule has 0 aromatic heterocycles. The van der Waals surface area contributed by atoms with E-state index in [2.05, 4.69) is 24.4 Å². The lowest BCUT2D eigenvalue weighted by Gasteiger charge is -2.34. The molecule has 0 bridgehead atoms. The molecule has 3 rings (SSSR count). The van der Waals surface area contributed by atoms with Gasteiger partial charge in [-0.2, -0.15) is 0 Å². The largest absolute Gasteiger partial charge is 0.495 e. The summed E-state index contributed by atoms with van der Waals surface area (Å²) in [5, 5.41) is 13.8. The molecule has 3 heteroatoms. The molecule has 0 amide bonds. The Labute approximate surface area is 119 Å². The van der Waals surface area contributed by atoms with Gasteiger partial charge in [-0.3, -0.25) is 0 Å². The summed E-state index contributed by atoms with van der Waals surface area (Å²) in [6, 6.07) is 14.2. The second-order valence-corrected chi connectivity index (χ2v) is 5.21. The van der Waals surface area contributed by atoms with Crippen LogP contribution in [0.15, 0.2) is 42.5 Å². The van der Waals surface area contributed by atoms with E-state index in [-0.39, 0.29) is 5.92 Å². The van der Waals surface area contributed by atoms with Gasteiger partial charge in [-0.05, 0) is 29.7 Å². The van der Waals surface area contributed by atoms with Gasteiger partial charge in [0.2, 0.25) is 0 Å². The SMILES string of the molecule is COc1ccc(C)c2c1NC[C@H](O)[C@H]2c1ccccc1. The van der Waals surface area contributed by atoms with E-state index in [1.807, 2.05) is 30.3 Å². The summed E-state index contributed by atoms with van der Waals surface area (Å²) in [7, 11) is 1.68. The summed E-state index contributed by atoms with van der Waals surface area (Å²) < 4.78 is 5.44. The van der Waals surface area contributed by atoms with Crippen molar-refractivity contribution in [2.24, 2.45) is 0 Å². The fourth-order valence-electron chi connectivity index (χ4n) is 3.02. The second kappa shape index (κ2) is 5.17. The van der Waals surface area contributed by atoms with Crippen LogP contribution in [0.25, 0.3) is 0 Å². The Morgan fingerprint density at radius 1 is 1.15 bits per heavy atom. The van der Waals surface area contributed by atoms with Crippen LogP contribution < -0.4 is 10.1 Å². The monoisotopic (exact) mass is 269 g/mol. The number of aryl methyl sites for hydroxylation is 1. The van der Waals surface area contributed by atoms with Crippen molar-refractivity contribution in [3.63, 3.8) is 0 Å². The molecule has 2 aromatic carbocycles. The van der Waals surface area contributed by atoms with Crippen molar-refractivity contribution in [2.75, 3.05) is 19.0 Å². The molecule has 0 spiro atoms. The van der Waals surface area contributed by atoms with Gasteiger partial charge < -0.3 is 15.2 Å². The molecule has 2 atom stereocenters. The van der Waals surface area contributed by atoms with E-state index >= 15 is 0 Å². The molecule has 2 N–H and O–H groups in total. The Morgan fingerprint density at radius 2 is 1.90 bits per heavy atom. The summed E-state index contributed by atoms with van der Waals surface area (Å²) >= 11 is 0. The number of aliphatic hydroxyl groups excluding tert-OH is 1. The maximum absolute atomic E-state index is 10.5. The van der Waals surface area contributed by atoms with Crippen molar-refractivity contribution in [1.82, 2.24) is 0 Å². The minimum absolute atomic E-state index is 0.0115. The second-order valence-electron chi connectivity index (χ2n) is 5.21. The van der Waals surface area contributed by atoms with Crippen molar-refractivity contribution in [3.05, 3.63) is 59.2 Å². The summed E-state index contributed by atoms with van der Waals surface area (Å²) in [4.78, 5) is 0. The van der Waals surface area contributed by atoms with Crippen molar-refractivity contribution < 1.29 is 9.84 Å². The number of methoxy groups -OCH3 is 1. The van der Waals surface area contributed by atoms with E-state index in [9.17, 15) is 5.11 Å². The fraction of sp³-hybridized carbons (Fsp3) is 0.294. The number of benzene rings is 2. The number of aliphatic hydroxyl groups is 1. The van der Waals surface area contributed by atoms with Crippen molar-refractivity contribution >= 4 is 5.69 Å². The Bertz CT molecular complexity index is 610. The molecule has 3 nitrogen and oxygen atoms in total. The number of fused-ring (bicyclic) bond motifs is 1. The molecule has 20 heavy (non-hydrogen) atoms. The highest BCUT2D eigenvalue weighted by Crippen LogP contribution is 2.43. The van der Waals surface area contributed by atoms with E-state index < -0.39 is 6.10 Å². The van der Waals surface area contributed by atoms with E-state index in [4.69, 9.17) is 4.74 Å². The molecule has 0 unspecified atom stereocenters. The highest BCUT2D eigenvalue weighted by atomic mass is 16.5. The van der Waals surface area contributed by atoms with Crippen LogP contribution in [-0.4, -0.2) is 24.9 Å². The summed E-state index contributed by atoms with van der Waals surface area (Å²) in [5.41, 5.74) is 4.45. The molecule has 1 aliphatic rings. The first-order valence-corrected chi connectivity index (χ1v) is 6.86. The zero-order valence-electron chi connectivity index (χ0n) is 11.8. The number of nitrogens with one attached hydrogen (secondary N) is 1. The van der Waals surface area contributed by atoms with Gasteiger partial charge in [-0.1, -0.05) is 36.4 Å². The van der Waals surface area contributed by atoms with Crippen molar-refractivity contribution in [3.8, 4) is 5.75 Å². The molecule has 1 heterocycles. The van der Waals surface area contributed by atoms with Gasteiger partial charge in [-0.15, -0.1) is 0 Å². The Kier molecular flexibility index (Phi) is 3.36. The predicted octanol–water partition coefficient (Wildman–Crippen LogP) is 2.92. The zero-order chi connectivity index (χ0) is 14.1. The van der Waals surface area contributed by atoms with Gasteiger partial charge in [-0.25, -0.2) is 0 Å². The van der Waals surface area contributed by atoms with Crippen LogP contribution in [0.3, 0.4) is 0 Å². The maximum atomic E-state index is 10.5. The molecule has 0 radical (unpaired) electrons. The van der Waals surface area contributed by atoms with Gasteiger partial charge in [0.1, 0.15) is 5.75 Å². The van der Waals surface area contributed by atoms with Gasteiger partial charge in [0.15, 0.2) is 0 Å². The van der Waals surface area contributed by atoms with Gasteiger partial charge >= 0.3 is 0 Å². The van der Waals surface area contributed by atoms with Gasteiger partial charge in [0.25, 0.3) is 0 Å². The maximum Gasteiger partial charge on any atom is 0.142 e. The number of rotatable bonds is 2. The summed E-state index contributed by atoms with van der Waals surface area (Å²) in [6.07, 6.45) is -0.435. The number of hydrogen-bond acceptors (Lipinski definition) is 3. The fourth-order valence-corrected chi connectivity index (χ4v) is 3.02. The molecule has 0 saturated heterocycles. The molecular weight excluding hydrogens is 250 g/mol. The molecule has 0 saturated carbocycles. The van der Waals surface area contributed by atoms with Gasteiger partial charge in [0.05, 0.1) is 18.9 Å². The minimum Gasteiger partial charge on any atom is -0.495 e. The Hall–Kier alpha value is -2.00. The molecule has 0 aliphatic carbocycles. The van der Waals surface area contributed by atoms with Crippen LogP contribution >= 0.6 is 0 Å². The lowest BCUT2D eigenvalue weighted by molar-refractivity contribution is 0.165. The van der Waals surface area contributed by atoms with Crippen LogP contribution in [0.1, 0.15) is 22.6 Å². The molecule has 2 aromatic rings. The van der Waals surface area contributed by atoms with E-state index in [0.29, 0.717) is 6.54 Å². The van der Waals surface area contributed by atoms with Crippen LogP contribution in [0, 0.1) is 6.92 Å². The quantitative estimate of drug-likeness (QED) is 0.880. The highest BCUT2D eigenvalue weighted by Gasteiger charge is 2.32. The minimum atomic E-state index is -0.435. The number of anilines is 1. The third-order valence-electron chi connectivity index (χ3n) is 3.99. The smallest absolute Gasteiger partial charge is 0.142 e. The lowest BCUT2D eigenvalue weighted by Crippen LogP contribution is -2.33. The summed E-state index contributed by atoms with van der Waals surface area (Å²) in [5.74, 6) is 0.820. The van der Waals surface area contributed by atoms with E-state index in [1.54, 1.807) is 7.11 Å². The topological polar surface area (TPSA) is 41.5 Å². The highest BCUT2D eigenvalue weighted by molar-refractivity contribution is 5.69. The predicted molar refractivity (Wildman–Crippen MR) is 80.5 cm³/mol. The standard InChI is InChI=1S/C17H19NO2/c1-11-8-9-14(20-2)17-15(11)16(13(19)10-18-17)12-6-4-3-5-7-12/h3-9,13,16,18-19H,10H2,1-2H3/t13-,16+/m0/s1. The first kappa shape index (κ1) is 13.0. The van der Waals surface area contributed by atoms with Gasteiger partial charge in [0, 0.05) is 12.5 Å². The third-order valence-corrected chi connectivity index (χ3v) is 3.99. The Balaban J connectivity index is 2.19. The average Bonchev–Trinajstić information content (AvgIpc) is 2.49. The first-order valence-electron chi connectivity index (χ1n) is 6.86. The molecular formula is C17H19NO2. The van der Waals surface area contributed by atoms with Crippen LogP contribution in [0.2, 0.25) is 0 Å². The first-order chi connectivity index (χ1) is 9.72. The number of hydrogen-bond donors (Lipinski definition) is 2. The number of ether oxygens (including phenoxy) is 1. The van der Waals surface area contributed by atoms with Crippen LogP contribution in [0.4, 0.5) is 5.69 Å². The third kappa shape index (κ3) is 2.04. The van der Waals surface area contributed by atoms with E-state index in [1.165, 1.54) is 5.56 Å². The van der Waals surface area contributed by atoms with Crippen molar-refractivity contribution in [1.29, 1.82) is 0 Å². The summed E-state index contributed by atoms with van der Waals surface area (Å²) in [6.45, 7) is 2.61. The molecule has 0 fully saturated rings. The van der Waals surface area contributed by atoms with E-state index in [0.717, 1.165) is 22.6 Å². The average molecular weight is 269 g/mol. The molecule has 1 aliphatic heterocycles. The normalized spacial score (nSPS) is 20.9. The Morgan fingerprint density at radius 3 is 2.60 bits per heavy atom. The number of β-amino-alcohol motifs (C(OH)–C–C–N with tert-alkyl or cyclic N) is 1. The van der Waals surface area contributed by atoms with Crippen LogP contribution in [-0.2, 0) is 0 Å². The lowest BCUT2D eigenvalue weighted by atomic mass is 9.81. The molecule has 104 valence electrons. The van der Waals surface area contributed by atoms with Crippen molar-refractivity contribution in [2.45, 2.75) is 18.9 Å². The van der Waals surface area contributed by atoms with Crippen LogP contribution in [0.5, 0.6) is 5.75 Å².